The lowest BCUT2D eigenvalue weighted by molar-refractivity contribution is -0.137. The number of alkyl carbamates (subject to hydrolysis) is 1. The molecule has 0 saturated carbocycles. The van der Waals surface area contributed by atoms with Crippen molar-refractivity contribution in [2.75, 3.05) is 20.2 Å². The molecular weight excluding hydrogens is 679 g/mol. The molecule has 0 unspecified atom stereocenters. The number of aromatic nitrogens is 4. The second kappa shape index (κ2) is 15.4. The first-order valence-electron chi connectivity index (χ1n) is 19.1. The number of methoxy groups -OCH3 is 1. The van der Waals surface area contributed by atoms with Crippen molar-refractivity contribution in [3.05, 3.63) is 83.6 Å². The first-order valence-corrected chi connectivity index (χ1v) is 19.1. The highest BCUT2D eigenvalue weighted by Gasteiger charge is 2.38. The zero-order valence-corrected chi connectivity index (χ0v) is 31.9. The molecule has 0 aliphatic carbocycles. The van der Waals surface area contributed by atoms with E-state index in [9.17, 15) is 14.4 Å². The lowest BCUT2D eigenvalue weighted by atomic mass is 9.96. The molecule has 2 saturated heterocycles. The minimum absolute atomic E-state index is 0.0185. The second-order valence-corrected chi connectivity index (χ2v) is 15.3. The summed E-state index contributed by atoms with van der Waals surface area (Å²) in [5.74, 6) is 8.48. The summed E-state index contributed by atoms with van der Waals surface area (Å²) in [5.41, 5.74) is 5.35. The van der Waals surface area contributed by atoms with E-state index in [1.165, 1.54) is 7.11 Å². The van der Waals surface area contributed by atoms with E-state index in [1.54, 1.807) is 0 Å². The molecule has 2 aliphatic heterocycles. The Balaban J connectivity index is 1.04. The number of imidazole rings is 2. The molecule has 3 aromatic carbocycles. The van der Waals surface area contributed by atoms with Gasteiger partial charge in [-0.15, -0.1) is 0 Å². The Labute approximate surface area is 316 Å². The molecule has 4 heterocycles. The largest absolute Gasteiger partial charge is 0.453 e. The fourth-order valence-electron chi connectivity index (χ4n) is 7.60. The number of aromatic amines is 2. The average molecular weight is 728 g/mol. The topological polar surface area (TPSA) is 136 Å². The van der Waals surface area contributed by atoms with E-state index in [0.29, 0.717) is 12.5 Å². The number of H-pyrrole nitrogens is 2. The summed E-state index contributed by atoms with van der Waals surface area (Å²) in [6, 6.07) is 17.6. The van der Waals surface area contributed by atoms with Gasteiger partial charge in [-0.05, 0) is 84.7 Å². The highest BCUT2D eigenvalue weighted by atomic mass is 16.5. The molecule has 11 nitrogen and oxygen atoms in total. The molecule has 3 amide bonds. The van der Waals surface area contributed by atoms with Gasteiger partial charge in [-0.25, -0.2) is 14.8 Å². The summed E-state index contributed by atoms with van der Waals surface area (Å²) in [6.45, 7) is 11.4. The Hall–Kier alpha value is -5.63. The number of ether oxygens (including phenoxy) is 1. The third-order valence-corrected chi connectivity index (χ3v) is 11.1. The van der Waals surface area contributed by atoms with E-state index in [2.05, 4.69) is 71.3 Å². The summed E-state index contributed by atoms with van der Waals surface area (Å²) in [6.07, 6.45) is 4.81. The van der Waals surface area contributed by atoms with Crippen molar-refractivity contribution in [3.63, 3.8) is 0 Å². The summed E-state index contributed by atoms with van der Waals surface area (Å²) in [5, 5.41) is 4.84. The van der Waals surface area contributed by atoms with Crippen LogP contribution in [0.15, 0.2) is 60.8 Å². The number of carbonyl (C=O) groups excluding carboxylic acids is 3. The van der Waals surface area contributed by atoms with Crippen LogP contribution in [-0.4, -0.2) is 73.9 Å². The van der Waals surface area contributed by atoms with Gasteiger partial charge in [-0.1, -0.05) is 64.7 Å². The lowest BCUT2D eigenvalue weighted by Gasteiger charge is -2.29. The standard InChI is InChI=1S/C43H49N7O4/c1-25(2)27(5)41(51)49-19-8-10-37(49)40-45-33-18-14-29(22-34(33)46-40)12-11-28-13-15-31-23-32(17-16-30(31)21-28)35-24-44-39(47-35)36-9-7-20-50(36)42(52)38(26(3)4)48-43(53)54-6/h13-18,21-27,36-38H,7-10,19-20H2,1-6H3,(H,44,47)(H,45,46)(H,48,53)/t27-,36-,37-,38-/m0/s1. The van der Waals surface area contributed by atoms with Gasteiger partial charge >= 0.3 is 6.09 Å². The number of nitrogens with zero attached hydrogens (tertiary/aromatic N) is 4. The van der Waals surface area contributed by atoms with Gasteiger partial charge in [0, 0.05) is 41.9 Å². The van der Waals surface area contributed by atoms with E-state index in [4.69, 9.17) is 14.7 Å². The third-order valence-electron chi connectivity index (χ3n) is 11.1. The molecule has 280 valence electrons. The molecule has 54 heavy (non-hydrogen) atoms. The quantitative estimate of drug-likeness (QED) is 0.142. The maximum atomic E-state index is 13.5. The SMILES string of the molecule is COC(=O)N[C@H](C(=O)N1CCC[C@H]1c1nc(-c2ccc3cc(C#Cc4ccc5[nH]c([C@@H]6CCCN6C(=O)[C@@H](C)C(C)C)nc5c4)ccc3c2)c[nH]1)C(C)C. The van der Waals surface area contributed by atoms with Crippen LogP contribution >= 0.6 is 0 Å². The van der Waals surface area contributed by atoms with Crippen molar-refractivity contribution in [1.29, 1.82) is 0 Å². The Morgan fingerprint density at radius 3 is 2.15 bits per heavy atom. The van der Waals surface area contributed by atoms with Crippen molar-refractivity contribution in [1.82, 2.24) is 35.1 Å². The predicted molar refractivity (Wildman–Crippen MR) is 209 cm³/mol. The fourth-order valence-corrected chi connectivity index (χ4v) is 7.60. The fraction of sp³-hybridized carbons (Fsp3) is 0.419. The van der Waals surface area contributed by atoms with Crippen molar-refractivity contribution in [2.45, 2.75) is 78.4 Å². The Morgan fingerprint density at radius 2 is 1.44 bits per heavy atom. The number of fused-ring (bicyclic) bond motifs is 2. The van der Waals surface area contributed by atoms with Crippen molar-refractivity contribution in [3.8, 4) is 23.1 Å². The first-order chi connectivity index (χ1) is 26.0. The molecule has 2 fully saturated rings. The smallest absolute Gasteiger partial charge is 0.407 e. The molecule has 7 rings (SSSR count). The molecule has 2 aromatic heterocycles. The molecule has 0 bridgehead atoms. The number of amides is 3. The van der Waals surface area contributed by atoms with Crippen LogP contribution in [0.25, 0.3) is 33.1 Å². The van der Waals surface area contributed by atoms with Gasteiger partial charge < -0.3 is 29.8 Å². The van der Waals surface area contributed by atoms with Crippen LogP contribution in [0.3, 0.4) is 0 Å². The van der Waals surface area contributed by atoms with Gasteiger partial charge in [-0.2, -0.15) is 0 Å². The minimum Gasteiger partial charge on any atom is -0.453 e. The Bertz CT molecular complexity index is 2260. The van der Waals surface area contributed by atoms with Gasteiger partial charge in [0.1, 0.15) is 17.7 Å². The zero-order valence-electron chi connectivity index (χ0n) is 31.9. The van der Waals surface area contributed by atoms with Crippen LogP contribution < -0.4 is 5.32 Å². The number of nitrogens with one attached hydrogen (secondary N) is 3. The summed E-state index contributed by atoms with van der Waals surface area (Å²) in [7, 11) is 1.30. The summed E-state index contributed by atoms with van der Waals surface area (Å²) < 4.78 is 4.76. The predicted octanol–water partition coefficient (Wildman–Crippen LogP) is 7.51. The van der Waals surface area contributed by atoms with Gasteiger partial charge in [0.05, 0.1) is 35.9 Å². The van der Waals surface area contributed by atoms with E-state index in [1.807, 2.05) is 61.0 Å². The molecule has 2 aliphatic rings. The van der Waals surface area contributed by atoms with Gasteiger partial charge in [0.2, 0.25) is 11.8 Å². The lowest BCUT2D eigenvalue weighted by Crippen LogP contribution is -2.51. The molecule has 0 spiro atoms. The maximum Gasteiger partial charge on any atom is 0.407 e. The van der Waals surface area contributed by atoms with Gasteiger partial charge in [0.25, 0.3) is 0 Å². The third kappa shape index (κ3) is 7.43. The second-order valence-electron chi connectivity index (χ2n) is 15.3. The highest BCUT2D eigenvalue weighted by Crippen LogP contribution is 2.35. The van der Waals surface area contributed by atoms with Crippen LogP contribution in [0.1, 0.15) is 95.2 Å². The average Bonchev–Trinajstić information content (AvgIpc) is 4.00. The summed E-state index contributed by atoms with van der Waals surface area (Å²) in [4.78, 5) is 59.2. The van der Waals surface area contributed by atoms with Crippen LogP contribution in [0, 0.1) is 29.6 Å². The number of benzene rings is 3. The number of hydrogen-bond acceptors (Lipinski definition) is 6. The normalized spacial score (nSPS) is 18.3. The molecule has 5 aromatic rings. The highest BCUT2D eigenvalue weighted by molar-refractivity contribution is 5.88. The van der Waals surface area contributed by atoms with E-state index in [0.717, 1.165) is 88.1 Å². The van der Waals surface area contributed by atoms with Crippen LogP contribution in [0.2, 0.25) is 0 Å². The van der Waals surface area contributed by atoms with E-state index in [-0.39, 0.29) is 35.7 Å². The van der Waals surface area contributed by atoms with Crippen molar-refractivity contribution < 1.29 is 19.1 Å². The first kappa shape index (κ1) is 36.7. The molecule has 3 N–H and O–H groups in total. The number of carbonyl (C=O) groups is 3. The molecular formula is C43H49N7O4. The zero-order chi connectivity index (χ0) is 38.1. The number of hydrogen-bond donors (Lipinski definition) is 3. The Morgan fingerprint density at radius 1 is 0.796 bits per heavy atom. The van der Waals surface area contributed by atoms with Crippen LogP contribution in [-0.2, 0) is 14.3 Å². The molecule has 11 heteroatoms. The van der Waals surface area contributed by atoms with Gasteiger partial charge in [-0.3, -0.25) is 9.59 Å². The van der Waals surface area contributed by atoms with Gasteiger partial charge in [0.15, 0.2) is 0 Å². The van der Waals surface area contributed by atoms with E-state index >= 15 is 0 Å². The monoisotopic (exact) mass is 727 g/mol. The van der Waals surface area contributed by atoms with Crippen molar-refractivity contribution >= 4 is 39.7 Å². The number of likely N-dealkylation sites (tertiary alicyclic amines) is 2. The Kier molecular flexibility index (Phi) is 10.5. The van der Waals surface area contributed by atoms with Crippen molar-refractivity contribution in [2.24, 2.45) is 17.8 Å². The molecule has 0 radical (unpaired) electrons. The maximum absolute atomic E-state index is 13.5. The van der Waals surface area contributed by atoms with Crippen LogP contribution in [0.4, 0.5) is 4.79 Å². The summed E-state index contributed by atoms with van der Waals surface area (Å²) >= 11 is 0. The van der Waals surface area contributed by atoms with E-state index < -0.39 is 12.1 Å². The molecule has 4 atom stereocenters. The number of rotatable bonds is 8. The van der Waals surface area contributed by atoms with Crippen LogP contribution in [0.5, 0.6) is 0 Å². The minimum atomic E-state index is -0.679.